The molecule has 1 aliphatic rings. The minimum absolute atomic E-state index is 0.147. The first-order valence-electron chi connectivity index (χ1n) is 8.58. The molecule has 6 heteroatoms. The molecule has 4 rings (SSSR count). The van der Waals surface area contributed by atoms with Crippen LogP contribution in [0.5, 0.6) is 11.5 Å². The number of nitrogens with one attached hydrogen (secondary N) is 2. The van der Waals surface area contributed by atoms with Crippen molar-refractivity contribution in [2.75, 3.05) is 23.8 Å². The van der Waals surface area contributed by atoms with Crippen LogP contribution in [0.4, 0.5) is 17.3 Å². The third-order valence-electron chi connectivity index (χ3n) is 4.15. The largest absolute Gasteiger partial charge is 0.486 e. The van der Waals surface area contributed by atoms with Crippen LogP contribution in [0.1, 0.15) is 18.5 Å². The average Bonchev–Trinajstić information content (AvgIpc) is 2.69. The van der Waals surface area contributed by atoms with E-state index in [9.17, 15) is 0 Å². The molecule has 1 unspecified atom stereocenters. The van der Waals surface area contributed by atoms with Gasteiger partial charge in [-0.15, -0.1) is 0 Å². The van der Waals surface area contributed by atoms with Gasteiger partial charge in [-0.1, -0.05) is 30.3 Å². The lowest BCUT2D eigenvalue weighted by Crippen LogP contribution is -2.15. The summed E-state index contributed by atoms with van der Waals surface area (Å²) >= 11 is 0. The number of benzene rings is 2. The molecule has 0 fully saturated rings. The zero-order chi connectivity index (χ0) is 17.8. The molecule has 0 bridgehead atoms. The van der Waals surface area contributed by atoms with E-state index in [0.717, 1.165) is 23.0 Å². The molecule has 0 saturated heterocycles. The summed E-state index contributed by atoms with van der Waals surface area (Å²) in [6.07, 6.45) is 1.54. The zero-order valence-electron chi connectivity index (χ0n) is 14.5. The van der Waals surface area contributed by atoms with Crippen molar-refractivity contribution < 1.29 is 9.47 Å². The van der Waals surface area contributed by atoms with Crippen LogP contribution >= 0.6 is 0 Å². The predicted molar refractivity (Wildman–Crippen MR) is 101 cm³/mol. The van der Waals surface area contributed by atoms with Crippen molar-refractivity contribution in [1.29, 1.82) is 0 Å². The van der Waals surface area contributed by atoms with Gasteiger partial charge in [0.25, 0.3) is 0 Å². The molecule has 1 aliphatic heterocycles. The van der Waals surface area contributed by atoms with E-state index in [2.05, 4.69) is 39.7 Å². The molecule has 0 spiro atoms. The standard InChI is InChI=1S/C20H20N4O2/c1-14(15-5-3-2-4-6-15)23-19-12-20(22-13-21-19)24-16-7-8-17-18(11-16)26-10-9-25-17/h2-8,11-14H,9-10H2,1H3,(H2,21,22,23,24). The van der Waals surface area contributed by atoms with Crippen LogP contribution in [0.15, 0.2) is 60.9 Å². The lowest BCUT2D eigenvalue weighted by Gasteiger charge is -2.19. The van der Waals surface area contributed by atoms with Crippen molar-refractivity contribution in [3.8, 4) is 11.5 Å². The topological polar surface area (TPSA) is 68.3 Å². The molecular formula is C20H20N4O2. The molecule has 0 radical (unpaired) electrons. The van der Waals surface area contributed by atoms with Crippen LogP contribution in [0.3, 0.4) is 0 Å². The number of nitrogens with zero attached hydrogens (tertiary/aromatic N) is 2. The molecule has 6 nitrogen and oxygen atoms in total. The van der Waals surface area contributed by atoms with Crippen molar-refractivity contribution in [2.45, 2.75) is 13.0 Å². The molecule has 3 aromatic rings. The number of anilines is 3. The summed E-state index contributed by atoms with van der Waals surface area (Å²) in [5.74, 6) is 2.98. The maximum atomic E-state index is 5.62. The summed E-state index contributed by atoms with van der Waals surface area (Å²) < 4.78 is 11.2. The Balaban J connectivity index is 1.47. The molecule has 0 aliphatic carbocycles. The first kappa shape index (κ1) is 16.2. The summed E-state index contributed by atoms with van der Waals surface area (Å²) in [4.78, 5) is 8.60. The van der Waals surface area contributed by atoms with E-state index in [-0.39, 0.29) is 6.04 Å². The van der Waals surface area contributed by atoms with Crippen molar-refractivity contribution in [3.63, 3.8) is 0 Å². The number of rotatable bonds is 5. The molecule has 2 N–H and O–H groups in total. The van der Waals surface area contributed by atoms with E-state index in [1.165, 1.54) is 5.56 Å². The molecule has 2 heterocycles. The summed E-state index contributed by atoms with van der Waals surface area (Å²) in [6, 6.07) is 18.0. The van der Waals surface area contributed by atoms with Crippen molar-refractivity contribution in [1.82, 2.24) is 9.97 Å². The zero-order valence-corrected chi connectivity index (χ0v) is 14.5. The molecule has 2 aromatic carbocycles. The third-order valence-corrected chi connectivity index (χ3v) is 4.15. The Morgan fingerprint density at radius 1 is 0.885 bits per heavy atom. The summed E-state index contributed by atoms with van der Waals surface area (Å²) in [5, 5.41) is 6.68. The quantitative estimate of drug-likeness (QED) is 0.721. The Hall–Kier alpha value is -3.28. The Bertz CT molecular complexity index is 886. The molecule has 0 saturated carbocycles. The molecular weight excluding hydrogens is 328 g/mol. The van der Waals surface area contributed by atoms with Gasteiger partial charge in [0.2, 0.25) is 0 Å². The summed E-state index contributed by atoms with van der Waals surface area (Å²) in [5.41, 5.74) is 2.09. The van der Waals surface area contributed by atoms with Gasteiger partial charge in [0.05, 0.1) is 0 Å². The monoisotopic (exact) mass is 348 g/mol. The smallest absolute Gasteiger partial charge is 0.163 e. The van der Waals surface area contributed by atoms with Gasteiger partial charge in [-0.05, 0) is 24.6 Å². The first-order chi connectivity index (χ1) is 12.8. The van der Waals surface area contributed by atoms with Gasteiger partial charge >= 0.3 is 0 Å². The average molecular weight is 348 g/mol. The first-order valence-corrected chi connectivity index (χ1v) is 8.58. The summed E-state index contributed by atoms with van der Waals surface area (Å²) in [7, 11) is 0. The van der Waals surface area contributed by atoms with E-state index in [0.29, 0.717) is 19.0 Å². The fourth-order valence-corrected chi connectivity index (χ4v) is 2.82. The minimum atomic E-state index is 0.147. The van der Waals surface area contributed by atoms with E-state index in [4.69, 9.17) is 9.47 Å². The molecule has 1 aromatic heterocycles. The molecule has 26 heavy (non-hydrogen) atoms. The van der Waals surface area contributed by atoms with Crippen LogP contribution in [0.2, 0.25) is 0 Å². The van der Waals surface area contributed by atoms with E-state index in [1.807, 2.05) is 42.5 Å². The normalized spacial score (nSPS) is 13.7. The van der Waals surface area contributed by atoms with Gasteiger partial charge in [-0.2, -0.15) is 0 Å². The highest BCUT2D eigenvalue weighted by Gasteiger charge is 2.12. The number of aromatic nitrogens is 2. The Morgan fingerprint density at radius 3 is 2.50 bits per heavy atom. The highest BCUT2D eigenvalue weighted by Crippen LogP contribution is 2.33. The molecule has 1 atom stereocenters. The maximum Gasteiger partial charge on any atom is 0.163 e. The Morgan fingerprint density at radius 2 is 1.65 bits per heavy atom. The maximum absolute atomic E-state index is 5.62. The van der Waals surface area contributed by atoms with Gasteiger partial charge in [0.1, 0.15) is 31.2 Å². The lowest BCUT2D eigenvalue weighted by atomic mass is 10.1. The number of ether oxygens (including phenoxy) is 2. The van der Waals surface area contributed by atoms with Crippen LogP contribution < -0.4 is 20.1 Å². The lowest BCUT2D eigenvalue weighted by molar-refractivity contribution is 0.171. The van der Waals surface area contributed by atoms with Crippen molar-refractivity contribution in [3.05, 3.63) is 66.5 Å². The van der Waals surface area contributed by atoms with Gasteiger partial charge in [-0.25, -0.2) is 9.97 Å². The SMILES string of the molecule is CC(Nc1cc(Nc2ccc3c(c2)OCCO3)ncn1)c1ccccc1. The second-order valence-corrected chi connectivity index (χ2v) is 6.05. The number of hydrogen-bond acceptors (Lipinski definition) is 6. The van der Waals surface area contributed by atoms with Gasteiger partial charge in [0.15, 0.2) is 11.5 Å². The third kappa shape index (κ3) is 3.69. The van der Waals surface area contributed by atoms with Gasteiger partial charge < -0.3 is 20.1 Å². The highest BCUT2D eigenvalue weighted by molar-refractivity contribution is 5.63. The predicted octanol–water partition coefficient (Wildman–Crippen LogP) is 4.16. The van der Waals surface area contributed by atoms with E-state index >= 15 is 0 Å². The van der Waals surface area contributed by atoms with Gasteiger partial charge in [0, 0.05) is 23.9 Å². The van der Waals surface area contributed by atoms with Crippen LogP contribution in [-0.4, -0.2) is 23.2 Å². The van der Waals surface area contributed by atoms with E-state index in [1.54, 1.807) is 6.33 Å². The van der Waals surface area contributed by atoms with Crippen molar-refractivity contribution in [2.24, 2.45) is 0 Å². The van der Waals surface area contributed by atoms with E-state index < -0.39 is 0 Å². The fourth-order valence-electron chi connectivity index (χ4n) is 2.82. The fraction of sp³-hybridized carbons (Fsp3) is 0.200. The molecule has 0 amide bonds. The van der Waals surface area contributed by atoms with Crippen LogP contribution in [0, 0.1) is 0 Å². The molecule has 132 valence electrons. The summed E-state index contributed by atoms with van der Waals surface area (Å²) in [6.45, 7) is 3.25. The Labute approximate surface area is 152 Å². The number of hydrogen-bond donors (Lipinski definition) is 2. The van der Waals surface area contributed by atoms with Gasteiger partial charge in [-0.3, -0.25) is 0 Å². The second-order valence-electron chi connectivity index (χ2n) is 6.05. The minimum Gasteiger partial charge on any atom is -0.486 e. The number of fused-ring (bicyclic) bond motifs is 1. The Kier molecular flexibility index (Phi) is 4.55. The van der Waals surface area contributed by atoms with Crippen LogP contribution in [-0.2, 0) is 0 Å². The van der Waals surface area contributed by atoms with Crippen molar-refractivity contribution >= 4 is 17.3 Å². The van der Waals surface area contributed by atoms with Crippen LogP contribution in [0.25, 0.3) is 0 Å². The highest BCUT2D eigenvalue weighted by atomic mass is 16.6. The second kappa shape index (κ2) is 7.31.